The van der Waals surface area contributed by atoms with Gasteiger partial charge in [0.15, 0.2) is 0 Å². The molecule has 0 aliphatic carbocycles. The molecular formula is C15H17N. The molecule has 0 saturated heterocycles. The summed E-state index contributed by atoms with van der Waals surface area (Å²) in [4.78, 5) is 4.31. The van der Waals surface area contributed by atoms with Crippen LogP contribution in [0.1, 0.15) is 25.0 Å². The maximum absolute atomic E-state index is 4.31. The van der Waals surface area contributed by atoms with Gasteiger partial charge < -0.3 is 0 Å². The van der Waals surface area contributed by atoms with Crippen molar-refractivity contribution in [2.24, 2.45) is 0 Å². The van der Waals surface area contributed by atoms with Crippen LogP contribution in [0.25, 0.3) is 11.1 Å². The summed E-state index contributed by atoms with van der Waals surface area (Å²) in [5, 5.41) is 0. The third kappa shape index (κ3) is 1.99. The number of hydrogen-bond donors (Lipinski definition) is 0. The number of pyridine rings is 1. The Kier molecular flexibility index (Phi) is 3.35. The fourth-order valence-electron chi connectivity index (χ4n) is 2.06. The Hall–Kier alpha value is -1.63. The van der Waals surface area contributed by atoms with Crippen LogP contribution in [0, 0.1) is 0 Å². The highest BCUT2D eigenvalue weighted by molar-refractivity contribution is 5.70. The monoisotopic (exact) mass is 211 g/mol. The normalized spacial score (nSPS) is 10.4. The summed E-state index contributed by atoms with van der Waals surface area (Å²) < 4.78 is 0. The van der Waals surface area contributed by atoms with Gasteiger partial charge in [0, 0.05) is 12.4 Å². The van der Waals surface area contributed by atoms with Crippen LogP contribution in [0.2, 0.25) is 0 Å². The molecule has 2 aromatic rings. The zero-order valence-corrected chi connectivity index (χ0v) is 9.90. The topological polar surface area (TPSA) is 12.9 Å². The third-order valence-electron chi connectivity index (χ3n) is 2.93. The van der Waals surface area contributed by atoms with Crippen LogP contribution in [-0.4, -0.2) is 4.98 Å². The average molecular weight is 211 g/mol. The lowest BCUT2D eigenvalue weighted by molar-refractivity contribution is 1.05. The first-order valence-corrected chi connectivity index (χ1v) is 5.88. The molecule has 0 aliphatic rings. The summed E-state index contributed by atoms with van der Waals surface area (Å²) in [7, 11) is 0. The van der Waals surface area contributed by atoms with Crippen LogP contribution in [-0.2, 0) is 12.8 Å². The van der Waals surface area contributed by atoms with E-state index in [1.54, 1.807) is 0 Å². The van der Waals surface area contributed by atoms with Gasteiger partial charge >= 0.3 is 0 Å². The molecule has 0 N–H and O–H groups in total. The van der Waals surface area contributed by atoms with Gasteiger partial charge in [-0.1, -0.05) is 44.2 Å². The van der Waals surface area contributed by atoms with E-state index in [0.29, 0.717) is 0 Å². The maximum Gasteiger partial charge on any atom is 0.0306 e. The van der Waals surface area contributed by atoms with Crippen LogP contribution >= 0.6 is 0 Å². The van der Waals surface area contributed by atoms with Crippen molar-refractivity contribution >= 4 is 0 Å². The highest BCUT2D eigenvalue weighted by atomic mass is 14.6. The molecule has 82 valence electrons. The second-order valence-corrected chi connectivity index (χ2v) is 3.91. The lowest BCUT2D eigenvalue weighted by Crippen LogP contribution is -1.95. The molecule has 0 fully saturated rings. The molecule has 2 rings (SSSR count). The van der Waals surface area contributed by atoms with Crippen LogP contribution in [0.15, 0.2) is 42.7 Å². The molecule has 0 amide bonds. The lowest BCUT2D eigenvalue weighted by atomic mass is 9.94. The Morgan fingerprint density at radius 3 is 1.94 bits per heavy atom. The largest absolute Gasteiger partial charge is 0.264 e. The van der Waals surface area contributed by atoms with E-state index >= 15 is 0 Å². The standard InChI is InChI=1S/C15H17N/c1-3-12-10-16-11-13(4-2)15(12)14-8-6-5-7-9-14/h5-11H,3-4H2,1-2H3. The van der Waals surface area contributed by atoms with E-state index in [-0.39, 0.29) is 0 Å². The van der Waals surface area contributed by atoms with E-state index in [0.717, 1.165) is 12.8 Å². The molecule has 1 aromatic carbocycles. The summed E-state index contributed by atoms with van der Waals surface area (Å²) in [6.07, 6.45) is 6.04. The van der Waals surface area contributed by atoms with Crippen molar-refractivity contribution in [3.8, 4) is 11.1 Å². The fraction of sp³-hybridized carbons (Fsp3) is 0.267. The summed E-state index contributed by atoms with van der Waals surface area (Å²) in [5.41, 5.74) is 5.36. The molecule has 0 saturated carbocycles. The zero-order valence-electron chi connectivity index (χ0n) is 9.90. The second-order valence-electron chi connectivity index (χ2n) is 3.91. The first kappa shape index (κ1) is 10.9. The number of hydrogen-bond acceptors (Lipinski definition) is 1. The minimum absolute atomic E-state index is 1.03. The Bertz CT molecular complexity index is 438. The van der Waals surface area contributed by atoms with Gasteiger partial charge in [0.2, 0.25) is 0 Å². The fourth-order valence-corrected chi connectivity index (χ4v) is 2.06. The lowest BCUT2D eigenvalue weighted by Gasteiger charge is -2.12. The molecule has 0 aliphatic heterocycles. The average Bonchev–Trinajstić information content (AvgIpc) is 2.38. The van der Waals surface area contributed by atoms with Crippen molar-refractivity contribution in [3.05, 3.63) is 53.9 Å². The SMILES string of the molecule is CCc1cncc(CC)c1-c1ccccc1. The molecule has 1 aromatic heterocycles. The molecule has 0 unspecified atom stereocenters. The number of nitrogens with zero attached hydrogens (tertiary/aromatic N) is 1. The predicted octanol–water partition coefficient (Wildman–Crippen LogP) is 3.87. The van der Waals surface area contributed by atoms with Gasteiger partial charge in [-0.2, -0.15) is 0 Å². The van der Waals surface area contributed by atoms with E-state index in [1.807, 2.05) is 12.4 Å². The van der Waals surface area contributed by atoms with Crippen LogP contribution in [0.5, 0.6) is 0 Å². The van der Waals surface area contributed by atoms with Crippen LogP contribution in [0.3, 0.4) is 0 Å². The van der Waals surface area contributed by atoms with Gasteiger partial charge in [-0.15, -0.1) is 0 Å². The van der Waals surface area contributed by atoms with Gasteiger partial charge in [-0.3, -0.25) is 4.98 Å². The van der Waals surface area contributed by atoms with Crippen molar-refractivity contribution in [2.75, 3.05) is 0 Å². The molecule has 0 spiro atoms. The quantitative estimate of drug-likeness (QED) is 0.751. The number of benzene rings is 1. The van der Waals surface area contributed by atoms with Crippen molar-refractivity contribution in [3.63, 3.8) is 0 Å². The summed E-state index contributed by atoms with van der Waals surface area (Å²) in [6.45, 7) is 4.37. The predicted molar refractivity (Wildman–Crippen MR) is 68.4 cm³/mol. The van der Waals surface area contributed by atoms with Gasteiger partial charge in [0.25, 0.3) is 0 Å². The Morgan fingerprint density at radius 1 is 0.875 bits per heavy atom. The van der Waals surface area contributed by atoms with Gasteiger partial charge in [-0.25, -0.2) is 0 Å². The Morgan fingerprint density at radius 2 is 1.44 bits per heavy atom. The minimum Gasteiger partial charge on any atom is -0.264 e. The van der Waals surface area contributed by atoms with E-state index in [9.17, 15) is 0 Å². The van der Waals surface area contributed by atoms with Crippen molar-refractivity contribution in [1.82, 2.24) is 4.98 Å². The van der Waals surface area contributed by atoms with Gasteiger partial charge in [0.1, 0.15) is 0 Å². The highest BCUT2D eigenvalue weighted by Gasteiger charge is 2.08. The molecule has 16 heavy (non-hydrogen) atoms. The summed E-state index contributed by atoms with van der Waals surface area (Å²) in [6, 6.07) is 10.6. The molecule has 0 atom stereocenters. The smallest absolute Gasteiger partial charge is 0.0306 e. The molecular weight excluding hydrogens is 194 g/mol. The minimum atomic E-state index is 1.03. The van der Waals surface area contributed by atoms with E-state index in [4.69, 9.17) is 0 Å². The summed E-state index contributed by atoms with van der Waals surface area (Å²) in [5.74, 6) is 0. The van der Waals surface area contributed by atoms with E-state index in [2.05, 4.69) is 49.2 Å². The first-order valence-electron chi connectivity index (χ1n) is 5.88. The Balaban J connectivity index is 2.62. The maximum atomic E-state index is 4.31. The van der Waals surface area contributed by atoms with Crippen molar-refractivity contribution in [2.45, 2.75) is 26.7 Å². The van der Waals surface area contributed by atoms with E-state index in [1.165, 1.54) is 22.3 Å². The van der Waals surface area contributed by atoms with Crippen molar-refractivity contribution in [1.29, 1.82) is 0 Å². The molecule has 0 radical (unpaired) electrons. The molecule has 1 heterocycles. The first-order chi connectivity index (χ1) is 7.86. The van der Waals surface area contributed by atoms with Gasteiger partial charge in [0.05, 0.1) is 0 Å². The summed E-state index contributed by atoms with van der Waals surface area (Å²) >= 11 is 0. The van der Waals surface area contributed by atoms with Crippen LogP contribution in [0.4, 0.5) is 0 Å². The van der Waals surface area contributed by atoms with Crippen molar-refractivity contribution < 1.29 is 0 Å². The number of aryl methyl sites for hydroxylation is 2. The molecule has 1 nitrogen and oxygen atoms in total. The molecule has 1 heteroatoms. The third-order valence-corrected chi connectivity index (χ3v) is 2.93. The number of rotatable bonds is 3. The second kappa shape index (κ2) is 4.93. The van der Waals surface area contributed by atoms with Crippen LogP contribution < -0.4 is 0 Å². The highest BCUT2D eigenvalue weighted by Crippen LogP contribution is 2.27. The molecule has 0 bridgehead atoms. The van der Waals surface area contributed by atoms with E-state index < -0.39 is 0 Å². The van der Waals surface area contributed by atoms with Gasteiger partial charge in [-0.05, 0) is 35.1 Å². The number of aromatic nitrogens is 1. The zero-order chi connectivity index (χ0) is 11.4. The Labute approximate surface area is 97.2 Å².